The van der Waals surface area contributed by atoms with E-state index >= 15 is 0 Å². The first-order valence-electron chi connectivity index (χ1n) is 4.35. The van der Waals surface area contributed by atoms with Gasteiger partial charge in [-0.15, -0.1) is 0 Å². The predicted molar refractivity (Wildman–Crippen MR) is 55.7 cm³/mol. The Morgan fingerprint density at radius 1 is 1.67 bits per heavy atom. The van der Waals surface area contributed by atoms with Crippen LogP contribution >= 0.6 is 0 Å². The Bertz CT molecular complexity index is 455. The van der Waals surface area contributed by atoms with Crippen LogP contribution in [-0.2, 0) is 0 Å². The lowest BCUT2D eigenvalue weighted by molar-refractivity contribution is 0.0690. The molecule has 6 nitrogen and oxygen atoms in total. The van der Waals surface area contributed by atoms with Crippen molar-refractivity contribution in [2.45, 2.75) is 0 Å². The molecular weight excluding hydrogens is 196 g/mol. The first-order valence-corrected chi connectivity index (χ1v) is 4.35. The van der Waals surface area contributed by atoms with E-state index in [0.717, 1.165) is 5.69 Å². The van der Waals surface area contributed by atoms with Gasteiger partial charge in [0.15, 0.2) is 0 Å². The Labute approximate surface area is 86.1 Å². The predicted octanol–water partition coefficient (Wildman–Crippen LogP) is 0.218. The minimum atomic E-state index is -1.05. The number of likely N-dealkylation sites (N-methyl/N-ethyl adjacent to an activating group) is 1. The van der Waals surface area contributed by atoms with Gasteiger partial charge < -0.3 is 15.7 Å². The lowest BCUT2D eigenvalue weighted by atomic mass is 10.2. The first-order chi connectivity index (χ1) is 7.08. The Kier molecular flexibility index (Phi) is 2.03. The zero-order valence-corrected chi connectivity index (χ0v) is 8.14. The molecule has 0 amide bonds. The van der Waals surface area contributed by atoms with Crippen LogP contribution in [0.5, 0.6) is 0 Å². The topological polar surface area (TPSA) is 91.8 Å². The van der Waals surface area contributed by atoms with Gasteiger partial charge in [0, 0.05) is 7.05 Å². The van der Waals surface area contributed by atoms with Crippen molar-refractivity contribution in [3.8, 4) is 0 Å². The molecule has 0 unspecified atom stereocenters. The van der Waals surface area contributed by atoms with Gasteiger partial charge in [-0.1, -0.05) is 0 Å². The highest BCUT2D eigenvalue weighted by Crippen LogP contribution is 2.30. The summed E-state index contributed by atoms with van der Waals surface area (Å²) < 4.78 is 0. The molecule has 0 radical (unpaired) electrons. The normalized spacial score (nSPS) is 14.5. The van der Waals surface area contributed by atoms with Crippen molar-refractivity contribution in [1.82, 2.24) is 4.98 Å². The maximum Gasteiger partial charge on any atom is 0.354 e. The maximum atomic E-state index is 10.7. The van der Waals surface area contributed by atoms with Crippen LogP contribution in [0.2, 0.25) is 0 Å². The summed E-state index contributed by atoms with van der Waals surface area (Å²) in [6.45, 7) is 0.496. The second-order valence-electron chi connectivity index (χ2n) is 3.32. The number of carboxylic acid groups (broad SMARTS) is 1. The molecule has 15 heavy (non-hydrogen) atoms. The Morgan fingerprint density at radius 3 is 3.07 bits per heavy atom. The molecule has 1 aromatic heterocycles. The molecule has 0 saturated heterocycles. The largest absolute Gasteiger partial charge is 0.477 e. The number of nitrogens with two attached hydrogens (primary N) is 1. The van der Waals surface area contributed by atoms with Crippen LogP contribution in [0.3, 0.4) is 0 Å². The summed E-state index contributed by atoms with van der Waals surface area (Å²) in [5.74, 6) is -0.552. The zero-order valence-electron chi connectivity index (χ0n) is 8.14. The molecule has 1 aliphatic heterocycles. The summed E-state index contributed by atoms with van der Waals surface area (Å²) in [4.78, 5) is 20.4. The van der Waals surface area contributed by atoms with E-state index in [1.54, 1.807) is 0 Å². The third-order valence-corrected chi connectivity index (χ3v) is 2.16. The molecule has 6 heteroatoms. The lowest BCUT2D eigenvalue weighted by Gasteiger charge is -2.24. The Balaban J connectivity index is 2.53. The van der Waals surface area contributed by atoms with Gasteiger partial charge in [0.05, 0.1) is 18.4 Å². The average molecular weight is 206 g/mol. The molecule has 1 aromatic rings. The van der Waals surface area contributed by atoms with E-state index in [4.69, 9.17) is 10.8 Å². The molecule has 2 rings (SSSR count). The summed E-state index contributed by atoms with van der Waals surface area (Å²) in [6.07, 6.45) is 1.42. The number of rotatable bonds is 1. The van der Waals surface area contributed by atoms with Gasteiger partial charge in [0.25, 0.3) is 0 Å². The number of amidine groups is 1. The van der Waals surface area contributed by atoms with Gasteiger partial charge >= 0.3 is 5.97 Å². The first kappa shape index (κ1) is 9.45. The van der Waals surface area contributed by atoms with Gasteiger partial charge in [0.2, 0.25) is 0 Å². The molecule has 0 spiro atoms. The Morgan fingerprint density at radius 2 is 2.40 bits per heavy atom. The van der Waals surface area contributed by atoms with Crippen LogP contribution in [0.4, 0.5) is 11.4 Å². The Hall–Kier alpha value is -2.11. The number of carbonyl (C=O) groups is 1. The van der Waals surface area contributed by atoms with Crippen LogP contribution < -0.4 is 10.6 Å². The van der Waals surface area contributed by atoms with Crippen LogP contribution in [0.1, 0.15) is 10.5 Å². The highest BCUT2D eigenvalue weighted by molar-refractivity contribution is 5.95. The number of carboxylic acids is 1. The fourth-order valence-electron chi connectivity index (χ4n) is 1.46. The van der Waals surface area contributed by atoms with Crippen LogP contribution in [0.15, 0.2) is 17.3 Å². The van der Waals surface area contributed by atoms with Gasteiger partial charge in [-0.3, -0.25) is 0 Å². The highest BCUT2D eigenvalue weighted by atomic mass is 16.4. The zero-order chi connectivity index (χ0) is 11.0. The smallest absolute Gasteiger partial charge is 0.354 e. The molecule has 0 aliphatic carbocycles. The number of anilines is 1. The van der Waals surface area contributed by atoms with Crippen molar-refractivity contribution in [2.24, 2.45) is 10.7 Å². The summed E-state index contributed by atoms with van der Waals surface area (Å²) in [6, 6.07) is 1.49. The summed E-state index contributed by atoms with van der Waals surface area (Å²) in [7, 11) is 1.83. The molecule has 3 N–H and O–H groups in total. The van der Waals surface area contributed by atoms with Gasteiger partial charge in [-0.05, 0) is 6.07 Å². The third kappa shape index (κ3) is 1.61. The number of nitrogens with zero attached hydrogens (tertiary/aromatic N) is 3. The monoisotopic (exact) mass is 206 g/mol. The number of aromatic carboxylic acids is 1. The molecule has 0 bridgehead atoms. The van der Waals surface area contributed by atoms with Crippen molar-refractivity contribution in [2.75, 3.05) is 18.5 Å². The van der Waals surface area contributed by atoms with Crippen molar-refractivity contribution >= 4 is 23.2 Å². The number of aliphatic imine (C=N–C) groups is 1. The fraction of sp³-hybridized carbons (Fsp3) is 0.222. The summed E-state index contributed by atoms with van der Waals surface area (Å²) in [5.41, 5.74) is 6.95. The van der Waals surface area contributed by atoms with Crippen molar-refractivity contribution in [3.63, 3.8) is 0 Å². The van der Waals surface area contributed by atoms with Crippen LogP contribution in [-0.4, -0.2) is 35.5 Å². The average Bonchev–Trinajstić information content (AvgIpc) is 2.16. The second-order valence-corrected chi connectivity index (χ2v) is 3.32. The number of hydrogen-bond acceptors (Lipinski definition) is 5. The van der Waals surface area contributed by atoms with E-state index in [9.17, 15) is 4.79 Å². The second kappa shape index (κ2) is 3.23. The molecule has 1 aliphatic rings. The standard InChI is InChI=1S/C9H10N4O2/c1-13-4-8(10)12-6-3-11-5(9(14)15)2-7(6)13/h2-3H,4H2,1H3,(H2,10,12)(H,14,15). The van der Waals surface area contributed by atoms with Crippen molar-refractivity contribution in [1.29, 1.82) is 0 Å². The van der Waals surface area contributed by atoms with E-state index in [0.29, 0.717) is 18.1 Å². The van der Waals surface area contributed by atoms with E-state index in [-0.39, 0.29) is 5.69 Å². The van der Waals surface area contributed by atoms with Crippen LogP contribution in [0, 0.1) is 0 Å². The van der Waals surface area contributed by atoms with Crippen LogP contribution in [0.25, 0.3) is 0 Å². The van der Waals surface area contributed by atoms with E-state index < -0.39 is 5.97 Å². The van der Waals surface area contributed by atoms with Crippen molar-refractivity contribution in [3.05, 3.63) is 18.0 Å². The molecule has 0 aromatic carbocycles. The molecular formula is C9H10N4O2. The lowest BCUT2D eigenvalue weighted by Crippen LogP contribution is -2.33. The molecule has 2 heterocycles. The van der Waals surface area contributed by atoms with E-state index in [2.05, 4.69) is 9.98 Å². The van der Waals surface area contributed by atoms with Gasteiger partial charge in [0.1, 0.15) is 17.2 Å². The number of aromatic nitrogens is 1. The SMILES string of the molecule is CN1CC(N)=Nc2cnc(C(=O)O)cc21. The molecule has 0 fully saturated rings. The third-order valence-electron chi connectivity index (χ3n) is 2.16. The van der Waals surface area contributed by atoms with Gasteiger partial charge in [-0.2, -0.15) is 0 Å². The maximum absolute atomic E-state index is 10.7. The molecule has 0 saturated carbocycles. The summed E-state index contributed by atoms with van der Waals surface area (Å²) in [5, 5.41) is 8.78. The molecule has 0 atom stereocenters. The summed E-state index contributed by atoms with van der Waals surface area (Å²) >= 11 is 0. The number of pyridine rings is 1. The van der Waals surface area contributed by atoms with Crippen molar-refractivity contribution < 1.29 is 9.90 Å². The number of hydrogen-bond donors (Lipinski definition) is 2. The molecule has 78 valence electrons. The van der Waals surface area contributed by atoms with Gasteiger partial charge in [-0.25, -0.2) is 14.8 Å². The van der Waals surface area contributed by atoms with E-state index in [1.807, 2.05) is 11.9 Å². The quantitative estimate of drug-likeness (QED) is 0.685. The number of fused-ring (bicyclic) bond motifs is 1. The highest BCUT2D eigenvalue weighted by Gasteiger charge is 2.17. The fourth-order valence-corrected chi connectivity index (χ4v) is 1.46. The minimum absolute atomic E-state index is 0.0104. The minimum Gasteiger partial charge on any atom is -0.477 e. The van der Waals surface area contributed by atoms with E-state index in [1.165, 1.54) is 12.3 Å².